The largest absolute Gasteiger partial charge is 0.506 e. The highest BCUT2D eigenvalue weighted by molar-refractivity contribution is 7.99. The Labute approximate surface area is 166 Å². The van der Waals surface area contributed by atoms with E-state index in [9.17, 15) is 9.90 Å². The molecular formula is C22H20O5S. The molecule has 5 nitrogen and oxygen atoms in total. The normalized spacial score (nSPS) is 13.0. The van der Waals surface area contributed by atoms with E-state index >= 15 is 0 Å². The van der Waals surface area contributed by atoms with Crippen molar-refractivity contribution in [3.8, 4) is 28.6 Å². The lowest BCUT2D eigenvalue weighted by Crippen LogP contribution is -2.12. The maximum Gasteiger partial charge on any atom is 0.354 e. The van der Waals surface area contributed by atoms with Gasteiger partial charge in [0.05, 0.1) is 0 Å². The van der Waals surface area contributed by atoms with Crippen LogP contribution in [0.25, 0.3) is 11.3 Å². The van der Waals surface area contributed by atoms with E-state index in [2.05, 4.69) is 20.8 Å². The van der Waals surface area contributed by atoms with Crippen LogP contribution in [0.15, 0.2) is 67.5 Å². The van der Waals surface area contributed by atoms with Crippen LogP contribution in [0.3, 0.4) is 0 Å². The highest BCUT2D eigenvalue weighted by Gasteiger charge is 2.22. The lowest BCUT2D eigenvalue weighted by Gasteiger charge is -2.22. The van der Waals surface area contributed by atoms with Crippen LogP contribution >= 0.6 is 11.8 Å². The van der Waals surface area contributed by atoms with E-state index in [0.717, 1.165) is 10.5 Å². The molecule has 0 unspecified atom stereocenters. The number of aromatic hydroxyl groups is 1. The van der Waals surface area contributed by atoms with E-state index < -0.39 is 5.63 Å². The first-order chi connectivity index (χ1) is 13.3. The average Bonchev–Trinajstić information content (AvgIpc) is 3.12. The van der Waals surface area contributed by atoms with Crippen LogP contribution in [0.4, 0.5) is 0 Å². The maximum atomic E-state index is 12.6. The molecule has 0 spiro atoms. The van der Waals surface area contributed by atoms with Gasteiger partial charge in [-0.2, -0.15) is 0 Å². The SMILES string of the molecule is CC(C)(C)c1ccccc1Sc1c(O)cc(-c2ccc3c(c2)OCO3)oc1=O. The van der Waals surface area contributed by atoms with E-state index in [1.165, 1.54) is 17.8 Å². The third kappa shape index (κ3) is 3.47. The van der Waals surface area contributed by atoms with Crippen LogP contribution in [0.2, 0.25) is 0 Å². The van der Waals surface area contributed by atoms with Gasteiger partial charge < -0.3 is 19.0 Å². The van der Waals surface area contributed by atoms with Crippen molar-refractivity contribution in [3.05, 3.63) is 64.5 Å². The molecule has 2 aromatic carbocycles. The molecule has 0 saturated carbocycles. The first kappa shape index (κ1) is 18.5. The van der Waals surface area contributed by atoms with Crippen molar-refractivity contribution < 1.29 is 19.0 Å². The number of benzene rings is 2. The lowest BCUT2D eigenvalue weighted by molar-refractivity contribution is 0.174. The summed E-state index contributed by atoms with van der Waals surface area (Å²) in [6, 6.07) is 14.5. The average molecular weight is 396 g/mol. The monoisotopic (exact) mass is 396 g/mol. The number of hydrogen-bond acceptors (Lipinski definition) is 6. The van der Waals surface area contributed by atoms with Crippen molar-refractivity contribution in [2.45, 2.75) is 36.0 Å². The minimum atomic E-state index is -0.582. The predicted octanol–water partition coefficient (Wildman–Crippen LogP) is 5.19. The predicted molar refractivity (Wildman–Crippen MR) is 107 cm³/mol. The zero-order valence-electron chi connectivity index (χ0n) is 15.8. The summed E-state index contributed by atoms with van der Waals surface area (Å²) in [4.78, 5) is 13.7. The van der Waals surface area contributed by atoms with Crippen LogP contribution in [-0.2, 0) is 5.41 Å². The molecule has 0 saturated heterocycles. The summed E-state index contributed by atoms with van der Waals surface area (Å²) in [5.74, 6) is 1.38. The van der Waals surface area contributed by atoms with E-state index in [1.807, 2.05) is 24.3 Å². The Kier molecular flexibility index (Phi) is 4.59. The molecule has 0 radical (unpaired) electrons. The van der Waals surface area contributed by atoms with Crippen LogP contribution in [0.5, 0.6) is 17.2 Å². The molecular weight excluding hydrogens is 376 g/mol. The molecule has 0 fully saturated rings. The second-order valence-electron chi connectivity index (χ2n) is 7.53. The van der Waals surface area contributed by atoms with E-state index in [0.29, 0.717) is 17.1 Å². The minimum Gasteiger partial charge on any atom is -0.506 e. The van der Waals surface area contributed by atoms with Gasteiger partial charge in [-0.25, -0.2) is 4.79 Å². The minimum absolute atomic E-state index is 0.0914. The molecule has 0 atom stereocenters. The molecule has 2 heterocycles. The summed E-state index contributed by atoms with van der Waals surface area (Å²) in [7, 11) is 0. The zero-order valence-corrected chi connectivity index (χ0v) is 16.6. The highest BCUT2D eigenvalue weighted by atomic mass is 32.2. The van der Waals surface area contributed by atoms with Gasteiger partial charge in [0.15, 0.2) is 11.5 Å². The van der Waals surface area contributed by atoms with Crippen LogP contribution < -0.4 is 15.1 Å². The Bertz CT molecular complexity index is 1090. The van der Waals surface area contributed by atoms with Crippen LogP contribution in [0.1, 0.15) is 26.3 Å². The fraction of sp³-hybridized carbons (Fsp3) is 0.227. The lowest BCUT2D eigenvalue weighted by atomic mass is 9.87. The van der Waals surface area contributed by atoms with E-state index in [-0.39, 0.29) is 28.6 Å². The summed E-state index contributed by atoms with van der Waals surface area (Å²) in [5, 5.41) is 10.5. The van der Waals surface area contributed by atoms with Crippen LogP contribution in [0, 0.1) is 0 Å². The standard InChI is InChI=1S/C22H20O5S/c1-22(2,3)14-6-4-5-7-19(14)28-20-15(23)11-17(27-21(20)24)13-8-9-16-18(10-13)26-12-25-16/h4-11,23H,12H2,1-3H3. The third-order valence-electron chi connectivity index (χ3n) is 4.45. The number of ether oxygens (including phenoxy) is 2. The fourth-order valence-corrected chi connectivity index (χ4v) is 4.18. The molecule has 6 heteroatoms. The maximum absolute atomic E-state index is 12.6. The van der Waals surface area contributed by atoms with Gasteiger partial charge in [-0.3, -0.25) is 0 Å². The Morgan fingerprint density at radius 3 is 2.50 bits per heavy atom. The molecule has 1 N–H and O–H groups in total. The smallest absolute Gasteiger partial charge is 0.354 e. The topological polar surface area (TPSA) is 68.9 Å². The summed E-state index contributed by atoms with van der Waals surface area (Å²) >= 11 is 1.22. The molecule has 0 bridgehead atoms. The zero-order chi connectivity index (χ0) is 19.9. The first-order valence-electron chi connectivity index (χ1n) is 8.87. The van der Waals surface area contributed by atoms with Gasteiger partial charge in [0, 0.05) is 16.5 Å². The van der Waals surface area contributed by atoms with Gasteiger partial charge >= 0.3 is 5.63 Å². The van der Waals surface area contributed by atoms with E-state index in [1.54, 1.807) is 18.2 Å². The molecule has 1 aliphatic heterocycles. The van der Waals surface area contributed by atoms with Crippen LogP contribution in [-0.4, -0.2) is 11.9 Å². The highest BCUT2D eigenvalue weighted by Crippen LogP contribution is 2.40. The second kappa shape index (κ2) is 6.95. The van der Waals surface area contributed by atoms with Gasteiger partial charge in [-0.15, -0.1) is 0 Å². The summed E-state index contributed by atoms with van der Waals surface area (Å²) < 4.78 is 16.2. The van der Waals surface area contributed by atoms with Crippen molar-refractivity contribution in [2.75, 3.05) is 6.79 Å². The van der Waals surface area contributed by atoms with E-state index in [4.69, 9.17) is 13.9 Å². The summed E-state index contributed by atoms with van der Waals surface area (Å²) in [6.45, 7) is 6.49. The van der Waals surface area contributed by atoms with Gasteiger partial charge in [-0.05, 0) is 35.2 Å². The van der Waals surface area contributed by atoms with Crippen molar-refractivity contribution in [1.29, 1.82) is 0 Å². The van der Waals surface area contributed by atoms with Crippen molar-refractivity contribution >= 4 is 11.8 Å². The third-order valence-corrected chi connectivity index (χ3v) is 5.61. The molecule has 144 valence electrons. The van der Waals surface area contributed by atoms with Gasteiger partial charge in [0.25, 0.3) is 0 Å². The molecule has 0 aliphatic carbocycles. The molecule has 1 aromatic heterocycles. The van der Waals surface area contributed by atoms with Crippen molar-refractivity contribution in [1.82, 2.24) is 0 Å². The van der Waals surface area contributed by atoms with Crippen molar-refractivity contribution in [2.24, 2.45) is 0 Å². The Hall–Kier alpha value is -2.86. The Morgan fingerprint density at radius 2 is 1.75 bits per heavy atom. The quantitative estimate of drug-likeness (QED) is 0.657. The second-order valence-corrected chi connectivity index (χ2v) is 8.58. The number of rotatable bonds is 3. The van der Waals surface area contributed by atoms with Gasteiger partial charge in [0.1, 0.15) is 16.4 Å². The molecule has 28 heavy (non-hydrogen) atoms. The van der Waals surface area contributed by atoms with Crippen molar-refractivity contribution in [3.63, 3.8) is 0 Å². The summed E-state index contributed by atoms with van der Waals surface area (Å²) in [6.07, 6.45) is 0. The molecule has 4 rings (SSSR count). The number of hydrogen-bond donors (Lipinski definition) is 1. The van der Waals surface area contributed by atoms with Gasteiger partial charge in [-0.1, -0.05) is 50.7 Å². The molecule has 1 aliphatic rings. The molecule has 3 aromatic rings. The first-order valence-corrected chi connectivity index (χ1v) is 9.69. The fourth-order valence-electron chi connectivity index (χ4n) is 3.04. The Balaban J connectivity index is 1.71. The van der Waals surface area contributed by atoms with Gasteiger partial charge in [0.2, 0.25) is 6.79 Å². The Morgan fingerprint density at radius 1 is 1.00 bits per heavy atom. The number of fused-ring (bicyclic) bond motifs is 1. The summed E-state index contributed by atoms with van der Waals surface area (Å²) in [5.41, 5.74) is 1.05. The molecule has 0 amide bonds.